The van der Waals surface area contributed by atoms with E-state index in [0.717, 1.165) is 0 Å². The number of hydrogen-bond donors (Lipinski definition) is 14. The van der Waals surface area contributed by atoms with Crippen LogP contribution in [-0.2, 0) is 69.4 Å². The molecule has 191 valence electrons. The van der Waals surface area contributed by atoms with Crippen molar-refractivity contribution < 1.29 is 144 Å². The van der Waals surface area contributed by atoms with Crippen molar-refractivity contribution in [3.8, 4) is 0 Å². The molecule has 3 radical (unpaired) electrons. The van der Waals surface area contributed by atoms with Gasteiger partial charge in [0.1, 0.15) is 0 Å². The van der Waals surface area contributed by atoms with Gasteiger partial charge in [-0.1, -0.05) is 0 Å². The minimum absolute atomic E-state index is 0. The Morgan fingerprint density at radius 3 is 0.160 bits per heavy atom. The SMILES string of the molecule is N.N.N.N.N.N.N.N.N.N.N.N.N.N.[Cl-].[Cl-].[Cl-].[Cl-].[Cl-].[Cl-].[O-2].[O-2].[Ru+3].[Ru+3].[Ru+3]. The van der Waals surface area contributed by atoms with Crippen LogP contribution in [0.25, 0.3) is 0 Å². The Morgan fingerprint density at radius 2 is 0.160 bits per heavy atom. The number of halogens is 6. The van der Waals surface area contributed by atoms with Crippen LogP contribution >= 0.6 is 0 Å². The summed E-state index contributed by atoms with van der Waals surface area (Å²) in [5, 5.41) is 0. The first-order valence-corrected chi connectivity index (χ1v) is 0. The summed E-state index contributed by atoms with van der Waals surface area (Å²) >= 11 is 0. The van der Waals surface area contributed by atoms with Gasteiger partial charge in [-0.3, -0.25) is 0 Å². The predicted molar refractivity (Wildman–Crippen MR) is 71.7 cm³/mol. The maximum atomic E-state index is 0. The van der Waals surface area contributed by atoms with Crippen molar-refractivity contribution in [3.05, 3.63) is 0 Å². The minimum Gasteiger partial charge on any atom is -2.00 e. The summed E-state index contributed by atoms with van der Waals surface area (Å²) in [4.78, 5) is 0. The Morgan fingerprint density at radius 1 is 0.160 bits per heavy atom. The van der Waals surface area contributed by atoms with Crippen LogP contribution in [0.3, 0.4) is 0 Å². The van der Waals surface area contributed by atoms with E-state index in [4.69, 9.17) is 0 Å². The molecule has 0 unspecified atom stereocenters. The Kier molecular flexibility index (Phi) is 190000. The van der Waals surface area contributed by atoms with Gasteiger partial charge in [-0.05, 0) is 0 Å². The van der Waals surface area contributed by atoms with Crippen LogP contribution in [0.4, 0.5) is 0 Å². The van der Waals surface area contributed by atoms with Crippen LogP contribution in [0.2, 0.25) is 0 Å². The smallest absolute Gasteiger partial charge is 2.00 e. The van der Waals surface area contributed by atoms with Crippen LogP contribution in [0.5, 0.6) is 0 Å². The standard InChI is InChI=1S/6ClH.14H3N.2O.3Ru/h6*1H;14*1H3;;;;;/q;;;;;;;;;;;;;;;;;;;;2*-2;3*+3/p-6. The van der Waals surface area contributed by atoms with E-state index < -0.39 is 0 Å². The molecule has 0 atom stereocenters. The largest absolute Gasteiger partial charge is 3.00 e. The maximum Gasteiger partial charge on any atom is 3.00 e. The van der Waals surface area contributed by atoms with Gasteiger partial charge in [0.2, 0.25) is 0 Å². The summed E-state index contributed by atoms with van der Waals surface area (Å²) in [6.07, 6.45) is 0. The van der Waals surface area contributed by atoms with Crippen LogP contribution in [0.15, 0.2) is 0 Å². The fourth-order valence-electron chi connectivity index (χ4n) is 0. The zero-order valence-corrected chi connectivity index (χ0v) is 23.8. The summed E-state index contributed by atoms with van der Waals surface area (Å²) in [5.74, 6) is 0. The van der Waals surface area contributed by atoms with E-state index in [2.05, 4.69) is 0 Å². The second-order valence-electron chi connectivity index (χ2n) is 0. The second-order valence-corrected chi connectivity index (χ2v) is 0. The molecule has 0 aromatic rings. The van der Waals surface area contributed by atoms with Crippen molar-refractivity contribution in [3.63, 3.8) is 0 Å². The number of hydrogen-bond acceptors (Lipinski definition) is 14. The fourth-order valence-corrected chi connectivity index (χ4v) is 0. The van der Waals surface area contributed by atoms with Crippen LogP contribution in [0, 0.1) is 0 Å². The van der Waals surface area contributed by atoms with Gasteiger partial charge in [0.15, 0.2) is 0 Å². The van der Waals surface area contributed by atoms with Gasteiger partial charge in [-0.2, -0.15) is 0 Å². The Hall–Kier alpha value is 2.97. The Labute approximate surface area is 228 Å². The fraction of sp³-hybridized carbons (Fsp3) is 0. The Bertz CT molecular complexity index is 40.5. The zero-order chi connectivity index (χ0) is 0. The molecule has 0 spiro atoms. The quantitative estimate of drug-likeness (QED) is 0.101. The molecule has 0 rings (SSSR count). The van der Waals surface area contributed by atoms with Gasteiger partial charge < -0.3 is 172 Å². The van der Waals surface area contributed by atoms with Crippen molar-refractivity contribution >= 4 is 0 Å². The normalized spacial score (nSPS) is 0. The summed E-state index contributed by atoms with van der Waals surface area (Å²) in [6, 6.07) is 0. The van der Waals surface area contributed by atoms with Gasteiger partial charge in [0, 0.05) is 0 Å². The van der Waals surface area contributed by atoms with E-state index in [-0.39, 0.29) is 230 Å². The molecule has 0 heterocycles. The van der Waals surface area contributed by atoms with Crippen molar-refractivity contribution in [2.75, 3.05) is 0 Å². The van der Waals surface area contributed by atoms with E-state index in [1.54, 1.807) is 0 Å². The van der Waals surface area contributed by atoms with Crippen molar-refractivity contribution in [1.82, 2.24) is 86.1 Å². The molecule has 0 amide bonds. The molecule has 0 bridgehead atoms. The zero-order valence-electron chi connectivity index (χ0n) is 14.0. The Balaban J connectivity index is 0. The van der Waals surface area contributed by atoms with Crippen molar-refractivity contribution in [2.45, 2.75) is 0 Å². The molecule has 16 nitrogen and oxygen atoms in total. The van der Waals surface area contributed by atoms with Gasteiger partial charge in [-0.15, -0.1) is 0 Å². The average Bonchev–Trinajstić information content (AvgIpc) is 0. The van der Waals surface area contributed by atoms with Gasteiger partial charge in [0.25, 0.3) is 0 Å². The second kappa shape index (κ2) is 2060. The summed E-state index contributed by atoms with van der Waals surface area (Å²) < 4.78 is 0. The van der Waals surface area contributed by atoms with Crippen molar-refractivity contribution in [1.29, 1.82) is 0 Å². The van der Waals surface area contributed by atoms with Crippen LogP contribution in [0.1, 0.15) is 0 Å². The van der Waals surface area contributed by atoms with E-state index >= 15 is 0 Å². The third-order valence-electron chi connectivity index (χ3n) is 0. The minimum atomic E-state index is 0. The molecular formula is H42Cl6N14O2Ru3-. The monoisotopic (exact) mass is 786 g/mol. The molecule has 42 N–H and O–H groups in total. The van der Waals surface area contributed by atoms with Crippen LogP contribution < -0.4 is 161 Å². The summed E-state index contributed by atoms with van der Waals surface area (Å²) in [7, 11) is 0. The maximum absolute atomic E-state index is 0. The van der Waals surface area contributed by atoms with Crippen LogP contribution in [-0.4, -0.2) is 0 Å². The molecule has 0 saturated heterocycles. The van der Waals surface area contributed by atoms with Gasteiger partial charge in [-0.25, -0.2) is 0 Å². The average molecular weight is 786 g/mol. The number of rotatable bonds is 0. The third kappa shape index (κ3) is 1910. The molecule has 25 heavy (non-hydrogen) atoms. The molecule has 0 fully saturated rings. The molecule has 0 aliphatic carbocycles. The third-order valence-corrected chi connectivity index (χ3v) is 0. The molecule has 0 saturated carbocycles. The first-order valence-electron chi connectivity index (χ1n) is 0. The predicted octanol–water partition coefficient (Wildman–Crippen LogP) is -16.0. The van der Waals surface area contributed by atoms with Gasteiger partial charge >= 0.3 is 58.4 Å². The molecular weight excluding hydrogens is 744 g/mol. The van der Waals surface area contributed by atoms with E-state index in [1.165, 1.54) is 0 Å². The summed E-state index contributed by atoms with van der Waals surface area (Å²) in [6.45, 7) is 0. The topological polar surface area (TPSA) is 547 Å². The first kappa shape index (κ1) is 2310. The molecule has 0 aromatic heterocycles. The molecule has 25 heteroatoms. The van der Waals surface area contributed by atoms with Gasteiger partial charge in [0.05, 0.1) is 0 Å². The summed E-state index contributed by atoms with van der Waals surface area (Å²) in [5.41, 5.74) is 0. The molecule has 0 aliphatic rings. The molecule has 0 aromatic carbocycles. The van der Waals surface area contributed by atoms with Crippen molar-refractivity contribution in [2.24, 2.45) is 0 Å². The van der Waals surface area contributed by atoms with E-state index in [1.807, 2.05) is 0 Å². The first-order chi connectivity index (χ1) is 0. The van der Waals surface area contributed by atoms with E-state index in [0.29, 0.717) is 0 Å². The van der Waals surface area contributed by atoms with E-state index in [9.17, 15) is 0 Å². The molecule has 0 aliphatic heterocycles.